The van der Waals surface area contributed by atoms with Crippen LogP contribution in [0.15, 0.2) is 223 Å². The number of nitrogens with zero attached hydrogens (tertiary/aromatic N) is 2. The first kappa shape index (κ1) is 42.9. The normalized spacial score (nSPS) is 18.3. The van der Waals surface area contributed by atoms with Gasteiger partial charge >= 0.3 is 0 Å². The van der Waals surface area contributed by atoms with Crippen molar-refractivity contribution in [3.05, 3.63) is 244 Å². The van der Waals surface area contributed by atoms with E-state index in [1.807, 2.05) is 0 Å². The van der Waals surface area contributed by atoms with E-state index in [0.29, 0.717) is 0 Å². The Morgan fingerprint density at radius 3 is 1.79 bits per heavy atom. The van der Waals surface area contributed by atoms with Crippen molar-refractivity contribution in [3.8, 4) is 33.4 Å². The Morgan fingerprint density at radius 2 is 1.06 bits per heavy atom. The van der Waals surface area contributed by atoms with Crippen LogP contribution in [0.4, 0.5) is 17.1 Å². The number of allylic oxidation sites excluding steroid dienone is 6. The van der Waals surface area contributed by atoms with Crippen molar-refractivity contribution in [2.75, 3.05) is 9.80 Å². The van der Waals surface area contributed by atoms with Crippen molar-refractivity contribution in [2.45, 2.75) is 76.7 Å². The molecule has 9 aromatic rings. The molecule has 14 rings (SSSR count). The van der Waals surface area contributed by atoms with Gasteiger partial charge in [-0.2, -0.15) is 0 Å². The second-order valence-corrected chi connectivity index (χ2v) is 21.8. The van der Waals surface area contributed by atoms with Crippen molar-refractivity contribution < 1.29 is 0 Å². The third-order valence-corrected chi connectivity index (χ3v) is 17.1. The summed E-state index contributed by atoms with van der Waals surface area (Å²) < 4.78 is 0. The first-order valence-electron chi connectivity index (χ1n) is 26.2. The van der Waals surface area contributed by atoms with Gasteiger partial charge in [-0.1, -0.05) is 185 Å². The SMILES string of the molecule is CC1(C)C2=C(C=CCC2)N(c2ccc3c(-c4cc5ccccc5cc4-c4ccccc4)c4c(c(-c5ccc6ccccc6c5)c3c2)=CCC(N2C3=C(CCC=C3)C(C)(C)c3ccccc32)C=4)c2ccccc21. The molecule has 0 radical (unpaired) electrons. The highest BCUT2D eigenvalue weighted by Crippen LogP contribution is 2.53. The third kappa shape index (κ3) is 6.47. The van der Waals surface area contributed by atoms with E-state index in [1.165, 1.54) is 121 Å². The second-order valence-electron chi connectivity index (χ2n) is 21.8. The van der Waals surface area contributed by atoms with Crippen LogP contribution >= 0.6 is 0 Å². The predicted molar refractivity (Wildman–Crippen MR) is 306 cm³/mol. The molecule has 9 aromatic carbocycles. The van der Waals surface area contributed by atoms with Crippen LogP contribution in [0.5, 0.6) is 0 Å². The van der Waals surface area contributed by atoms with Crippen molar-refractivity contribution in [1.82, 2.24) is 0 Å². The maximum absolute atomic E-state index is 2.70. The number of hydrogen-bond acceptors (Lipinski definition) is 2. The fraction of sp³-hybridized carbons (Fsp3) is 0.171. The quantitative estimate of drug-likeness (QED) is 0.170. The molecular weight excluding hydrogens is 869 g/mol. The minimum Gasteiger partial charge on any atom is -0.334 e. The van der Waals surface area contributed by atoms with Crippen LogP contribution in [0, 0.1) is 0 Å². The van der Waals surface area contributed by atoms with E-state index in [1.54, 1.807) is 5.57 Å². The van der Waals surface area contributed by atoms with Gasteiger partial charge in [-0.05, 0) is 185 Å². The fourth-order valence-electron chi connectivity index (χ4n) is 13.6. The Bertz CT molecular complexity index is 4020. The van der Waals surface area contributed by atoms with Crippen molar-refractivity contribution in [3.63, 3.8) is 0 Å². The highest BCUT2D eigenvalue weighted by atomic mass is 15.2. The average molecular weight is 927 g/mol. The lowest BCUT2D eigenvalue weighted by Crippen LogP contribution is -2.45. The van der Waals surface area contributed by atoms with E-state index in [2.05, 4.69) is 250 Å². The molecule has 2 aliphatic heterocycles. The minimum atomic E-state index is -0.0767. The zero-order valence-corrected chi connectivity index (χ0v) is 41.7. The summed E-state index contributed by atoms with van der Waals surface area (Å²) >= 11 is 0. The first-order valence-corrected chi connectivity index (χ1v) is 26.2. The fourth-order valence-corrected chi connectivity index (χ4v) is 13.6. The average Bonchev–Trinajstić information content (AvgIpc) is 3.42. The largest absolute Gasteiger partial charge is 0.334 e. The lowest BCUT2D eigenvalue weighted by molar-refractivity contribution is 0.557. The monoisotopic (exact) mass is 926 g/mol. The van der Waals surface area contributed by atoms with Gasteiger partial charge in [-0.25, -0.2) is 0 Å². The molecule has 0 fully saturated rings. The molecule has 0 N–H and O–H groups in total. The lowest BCUT2D eigenvalue weighted by atomic mass is 9.70. The summed E-state index contributed by atoms with van der Waals surface area (Å²) in [7, 11) is 0. The Hall–Kier alpha value is -7.94. The molecule has 1 atom stereocenters. The summed E-state index contributed by atoms with van der Waals surface area (Å²) in [6.45, 7) is 9.72. The Labute approximate surface area is 423 Å². The number of benzene rings is 9. The first-order chi connectivity index (χ1) is 35.2. The van der Waals surface area contributed by atoms with E-state index >= 15 is 0 Å². The molecule has 2 nitrogen and oxygen atoms in total. The van der Waals surface area contributed by atoms with Crippen LogP contribution in [0.1, 0.15) is 70.9 Å². The molecule has 348 valence electrons. The minimum absolute atomic E-state index is 0.0592. The lowest BCUT2D eigenvalue weighted by Gasteiger charge is -2.47. The van der Waals surface area contributed by atoms with E-state index in [4.69, 9.17) is 0 Å². The van der Waals surface area contributed by atoms with Gasteiger partial charge in [0.15, 0.2) is 0 Å². The Kier molecular flexibility index (Phi) is 9.71. The number of fused-ring (bicyclic) bond motifs is 6. The molecule has 72 heavy (non-hydrogen) atoms. The van der Waals surface area contributed by atoms with Crippen LogP contribution in [0.25, 0.3) is 77.9 Å². The number of rotatable bonds is 5. The van der Waals surface area contributed by atoms with Gasteiger partial charge in [0.1, 0.15) is 0 Å². The van der Waals surface area contributed by atoms with Crippen molar-refractivity contribution in [1.29, 1.82) is 0 Å². The van der Waals surface area contributed by atoms with Gasteiger partial charge in [-0.3, -0.25) is 0 Å². The third-order valence-electron chi connectivity index (χ3n) is 17.1. The summed E-state index contributed by atoms with van der Waals surface area (Å²) in [5, 5.41) is 10.1. The van der Waals surface area contributed by atoms with Gasteiger partial charge < -0.3 is 9.80 Å². The topological polar surface area (TPSA) is 6.48 Å². The standard InChI is InChI=1S/C70H58N2/c1-69(2)59-26-12-16-30-63(59)71(64-31-17-13-27-60(64)69)51-37-39-54-57(43-51)67(50-35-34-45-20-8-9-23-47(45)40-50)53-38-36-52(72-65-32-18-14-28-61(65)70(3,4)62-29-15-19-33-66(62)72)44-58(53)68(54)56-42-49-25-11-10-24-48(49)41-55(56)46-21-6-5-7-22-46/h5-12,14,16-26,28,30-35,37-44,52H,13,15,27,29,36H2,1-4H3. The number of hydrogen-bond donors (Lipinski definition) is 0. The van der Waals surface area contributed by atoms with Crippen LogP contribution in [0.2, 0.25) is 0 Å². The molecule has 1 unspecified atom stereocenters. The van der Waals surface area contributed by atoms with Crippen LogP contribution in [0.3, 0.4) is 0 Å². The summed E-state index contributed by atoms with van der Waals surface area (Å²) in [5.74, 6) is 0. The summed E-state index contributed by atoms with van der Waals surface area (Å²) in [6.07, 6.45) is 20.0. The maximum Gasteiger partial charge on any atom is 0.0566 e. The molecule has 3 aliphatic carbocycles. The molecule has 0 saturated carbocycles. The smallest absolute Gasteiger partial charge is 0.0566 e. The molecule has 0 bridgehead atoms. The van der Waals surface area contributed by atoms with E-state index in [9.17, 15) is 0 Å². The molecule has 2 heterocycles. The van der Waals surface area contributed by atoms with E-state index in [0.717, 1.165) is 32.1 Å². The van der Waals surface area contributed by atoms with Gasteiger partial charge in [-0.15, -0.1) is 0 Å². The number of para-hydroxylation sites is 2. The van der Waals surface area contributed by atoms with Gasteiger partial charge in [0.2, 0.25) is 0 Å². The van der Waals surface area contributed by atoms with Crippen molar-refractivity contribution in [2.24, 2.45) is 0 Å². The highest BCUT2D eigenvalue weighted by molar-refractivity contribution is 6.11. The van der Waals surface area contributed by atoms with Crippen LogP contribution in [-0.2, 0) is 10.8 Å². The molecule has 0 saturated heterocycles. The molecule has 5 aliphatic rings. The molecule has 0 amide bonds. The van der Waals surface area contributed by atoms with Gasteiger partial charge in [0.25, 0.3) is 0 Å². The summed E-state index contributed by atoms with van der Waals surface area (Å²) in [6, 6.07) is 66.8. The molecule has 0 aromatic heterocycles. The van der Waals surface area contributed by atoms with Crippen LogP contribution in [-0.4, -0.2) is 6.04 Å². The van der Waals surface area contributed by atoms with E-state index in [-0.39, 0.29) is 16.9 Å². The Morgan fingerprint density at radius 1 is 0.458 bits per heavy atom. The zero-order valence-electron chi connectivity index (χ0n) is 41.7. The predicted octanol–water partition coefficient (Wildman–Crippen LogP) is 16.9. The highest BCUT2D eigenvalue weighted by Gasteiger charge is 2.41. The summed E-state index contributed by atoms with van der Waals surface area (Å²) in [4.78, 5) is 5.28. The molecular formula is C70H58N2. The Balaban J connectivity index is 1.13. The summed E-state index contributed by atoms with van der Waals surface area (Å²) in [5.41, 5.74) is 19.7. The number of anilines is 3. The van der Waals surface area contributed by atoms with Gasteiger partial charge in [0, 0.05) is 33.6 Å². The molecule has 0 spiro atoms. The maximum atomic E-state index is 2.70. The zero-order chi connectivity index (χ0) is 48.3. The van der Waals surface area contributed by atoms with E-state index < -0.39 is 0 Å². The molecule has 2 heteroatoms. The second kappa shape index (κ2) is 16.3. The van der Waals surface area contributed by atoms with Crippen LogP contribution < -0.4 is 20.2 Å². The van der Waals surface area contributed by atoms with Gasteiger partial charge in [0.05, 0.1) is 11.7 Å². The van der Waals surface area contributed by atoms with Crippen molar-refractivity contribution >= 4 is 61.5 Å².